The molecular weight excluding hydrogens is 256 g/mol. The summed E-state index contributed by atoms with van der Waals surface area (Å²) in [6.07, 6.45) is 0. The van der Waals surface area contributed by atoms with Crippen molar-refractivity contribution >= 4 is 32.7 Å². The zero-order chi connectivity index (χ0) is 12.5. The van der Waals surface area contributed by atoms with Gasteiger partial charge in [0.05, 0.1) is 11.4 Å². The second-order valence-corrected chi connectivity index (χ2v) is 6.09. The van der Waals surface area contributed by atoms with Crippen LogP contribution < -0.4 is 10.5 Å². The molecule has 2 rings (SSSR count). The summed E-state index contributed by atoms with van der Waals surface area (Å²) in [5, 5.41) is 3.53. The standard InChI is InChI=1S/C11H12N2O2S2/c1-8-2-3-11(10(12)6-8)17(14,15)13-9-4-5-16-7-9/h2-7,13H,12H2,1H3. The van der Waals surface area contributed by atoms with Crippen LogP contribution in [0, 0.1) is 6.92 Å². The molecule has 0 bridgehead atoms. The predicted octanol–water partition coefficient (Wildman–Crippen LogP) is 2.44. The normalized spacial score (nSPS) is 11.4. The van der Waals surface area contributed by atoms with Gasteiger partial charge in [-0.25, -0.2) is 8.42 Å². The molecule has 0 unspecified atom stereocenters. The van der Waals surface area contributed by atoms with E-state index in [9.17, 15) is 8.42 Å². The minimum atomic E-state index is -3.60. The van der Waals surface area contributed by atoms with Gasteiger partial charge in [0, 0.05) is 5.38 Å². The minimum Gasteiger partial charge on any atom is -0.398 e. The minimum absolute atomic E-state index is 0.106. The van der Waals surface area contributed by atoms with Gasteiger partial charge in [-0.15, -0.1) is 0 Å². The van der Waals surface area contributed by atoms with Crippen LogP contribution in [0.5, 0.6) is 0 Å². The van der Waals surface area contributed by atoms with Gasteiger partial charge in [0.25, 0.3) is 10.0 Å². The quantitative estimate of drug-likeness (QED) is 0.840. The van der Waals surface area contributed by atoms with E-state index >= 15 is 0 Å². The van der Waals surface area contributed by atoms with E-state index in [1.807, 2.05) is 6.92 Å². The molecule has 4 nitrogen and oxygen atoms in total. The molecule has 0 spiro atoms. The highest BCUT2D eigenvalue weighted by atomic mass is 32.2. The van der Waals surface area contributed by atoms with E-state index in [0.29, 0.717) is 5.69 Å². The predicted molar refractivity (Wildman–Crippen MR) is 70.7 cm³/mol. The molecule has 0 saturated carbocycles. The smallest absolute Gasteiger partial charge is 0.263 e. The van der Waals surface area contributed by atoms with Crippen LogP contribution in [0.15, 0.2) is 39.9 Å². The van der Waals surface area contributed by atoms with Crippen molar-refractivity contribution in [3.8, 4) is 0 Å². The number of rotatable bonds is 3. The SMILES string of the molecule is Cc1ccc(S(=O)(=O)Nc2ccsc2)c(N)c1. The van der Waals surface area contributed by atoms with Crippen molar-refractivity contribution < 1.29 is 8.42 Å². The molecule has 1 aromatic carbocycles. The number of thiophene rings is 1. The molecule has 3 N–H and O–H groups in total. The lowest BCUT2D eigenvalue weighted by molar-refractivity contribution is 0.601. The van der Waals surface area contributed by atoms with Crippen LogP contribution in [0.4, 0.5) is 11.4 Å². The number of hydrogen-bond acceptors (Lipinski definition) is 4. The summed E-state index contributed by atoms with van der Waals surface area (Å²) in [5.41, 5.74) is 7.46. The van der Waals surface area contributed by atoms with E-state index in [0.717, 1.165) is 5.56 Å². The third kappa shape index (κ3) is 2.59. The van der Waals surface area contributed by atoms with Gasteiger partial charge < -0.3 is 5.73 Å². The van der Waals surface area contributed by atoms with Crippen LogP contribution in [0.3, 0.4) is 0 Å². The van der Waals surface area contributed by atoms with E-state index in [1.165, 1.54) is 17.4 Å². The maximum Gasteiger partial charge on any atom is 0.263 e. The summed E-state index contributed by atoms with van der Waals surface area (Å²) >= 11 is 1.42. The molecule has 0 atom stereocenters. The molecule has 6 heteroatoms. The van der Waals surface area contributed by atoms with Gasteiger partial charge in [0.2, 0.25) is 0 Å². The lowest BCUT2D eigenvalue weighted by Crippen LogP contribution is -2.14. The Kier molecular flexibility index (Phi) is 3.08. The van der Waals surface area contributed by atoms with E-state index in [-0.39, 0.29) is 10.6 Å². The van der Waals surface area contributed by atoms with Crippen LogP contribution in [0.1, 0.15) is 5.56 Å². The molecule has 0 aliphatic heterocycles. The van der Waals surface area contributed by atoms with Gasteiger partial charge in [-0.3, -0.25) is 4.72 Å². The van der Waals surface area contributed by atoms with E-state index < -0.39 is 10.0 Å². The van der Waals surface area contributed by atoms with Gasteiger partial charge in [-0.2, -0.15) is 11.3 Å². The maximum atomic E-state index is 12.0. The molecule has 0 amide bonds. The van der Waals surface area contributed by atoms with Crippen molar-refractivity contribution in [1.29, 1.82) is 0 Å². The molecule has 0 fully saturated rings. The summed E-state index contributed by atoms with van der Waals surface area (Å²) in [6.45, 7) is 1.86. The summed E-state index contributed by atoms with van der Waals surface area (Å²) in [6, 6.07) is 6.58. The van der Waals surface area contributed by atoms with Gasteiger partial charge >= 0.3 is 0 Å². The molecular formula is C11H12N2O2S2. The Morgan fingerprint density at radius 1 is 1.29 bits per heavy atom. The van der Waals surface area contributed by atoms with Crippen LogP contribution in [-0.2, 0) is 10.0 Å². The number of sulfonamides is 1. The number of hydrogen-bond donors (Lipinski definition) is 2. The second-order valence-electron chi connectivity index (χ2n) is 3.66. The van der Waals surface area contributed by atoms with Gasteiger partial charge in [-0.05, 0) is 36.1 Å². The molecule has 0 aliphatic carbocycles. The van der Waals surface area contributed by atoms with Crippen molar-refractivity contribution in [1.82, 2.24) is 0 Å². The molecule has 2 aromatic rings. The fraction of sp³-hybridized carbons (Fsp3) is 0.0909. The van der Waals surface area contributed by atoms with Crippen LogP contribution in [0.2, 0.25) is 0 Å². The van der Waals surface area contributed by atoms with E-state index in [2.05, 4.69) is 4.72 Å². The molecule has 0 radical (unpaired) electrons. The zero-order valence-electron chi connectivity index (χ0n) is 9.17. The monoisotopic (exact) mass is 268 g/mol. The highest BCUT2D eigenvalue weighted by molar-refractivity contribution is 7.92. The first-order valence-corrected chi connectivity index (χ1v) is 7.33. The third-order valence-electron chi connectivity index (χ3n) is 2.23. The summed E-state index contributed by atoms with van der Waals surface area (Å²) in [5.74, 6) is 0. The Balaban J connectivity index is 2.38. The van der Waals surface area contributed by atoms with E-state index in [1.54, 1.807) is 29.0 Å². The van der Waals surface area contributed by atoms with Crippen molar-refractivity contribution in [2.75, 3.05) is 10.5 Å². The summed E-state index contributed by atoms with van der Waals surface area (Å²) < 4.78 is 26.6. The highest BCUT2D eigenvalue weighted by Gasteiger charge is 2.17. The highest BCUT2D eigenvalue weighted by Crippen LogP contribution is 2.23. The summed E-state index contributed by atoms with van der Waals surface area (Å²) in [7, 11) is -3.60. The third-order valence-corrected chi connectivity index (χ3v) is 4.37. The number of nitrogens with one attached hydrogen (secondary N) is 1. The maximum absolute atomic E-state index is 12.0. The van der Waals surface area contributed by atoms with Gasteiger partial charge in [0.1, 0.15) is 4.90 Å². The van der Waals surface area contributed by atoms with Gasteiger partial charge in [0.15, 0.2) is 0 Å². The van der Waals surface area contributed by atoms with Crippen LogP contribution in [-0.4, -0.2) is 8.42 Å². The average molecular weight is 268 g/mol. The number of aryl methyl sites for hydroxylation is 1. The van der Waals surface area contributed by atoms with Crippen molar-refractivity contribution in [3.63, 3.8) is 0 Å². The second kappa shape index (κ2) is 4.38. The van der Waals surface area contributed by atoms with Crippen LogP contribution >= 0.6 is 11.3 Å². The van der Waals surface area contributed by atoms with Crippen molar-refractivity contribution in [2.24, 2.45) is 0 Å². The first kappa shape index (κ1) is 11.9. The molecule has 0 aliphatic rings. The molecule has 0 saturated heterocycles. The number of nitrogen functional groups attached to an aromatic ring is 1. The summed E-state index contributed by atoms with van der Waals surface area (Å²) in [4.78, 5) is 0.106. The fourth-order valence-corrected chi connectivity index (χ4v) is 3.27. The average Bonchev–Trinajstić information content (AvgIpc) is 2.68. The molecule has 90 valence electrons. The number of nitrogens with two attached hydrogens (primary N) is 1. The lowest BCUT2D eigenvalue weighted by Gasteiger charge is -2.09. The van der Waals surface area contributed by atoms with Crippen molar-refractivity contribution in [3.05, 3.63) is 40.6 Å². The Morgan fingerprint density at radius 2 is 2.06 bits per heavy atom. The van der Waals surface area contributed by atoms with Gasteiger partial charge in [-0.1, -0.05) is 6.07 Å². The Labute approximate surface area is 104 Å². The van der Waals surface area contributed by atoms with Crippen molar-refractivity contribution in [2.45, 2.75) is 11.8 Å². The lowest BCUT2D eigenvalue weighted by atomic mass is 10.2. The molecule has 1 aromatic heterocycles. The largest absolute Gasteiger partial charge is 0.398 e. The van der Waals surface area contributed by atoms with Crippen LogP contribution in [0.25, 0.3) is 0 Å². The number of benzene rings is 1. The molecule has 1 heterocycles. The Morgan fingerprint density at radius 3 is 2.65 bits per heavy atom. The first-order valence-electron chi connectivity index (χ1n) is 4.90. The topological polar surface area (TPSA) is 72.2 Å². The Hall–Kier alpha value is -1.53. The fourth-order valence-electron chi connectivity index (χ4n) is 1.45. The molecule has 17 heavy (non-hydrogen) atoms. The first-order chi connectivity index (χ1) is 7.99. The zero-order valence-corrected chi connectivity index (χ0v) is 10.8. The number of anilines is 2. The van der Waals surface area contributed by atoms with E-state index in [4.69, 9.17) is 5.73 Å². The Bertz CT molecular complexity index is 619.